The van der Waals surface area contributed by atoms with Crippen molar-refractivity contribution in [2.24, 2.45) is 5.73 Å². The second-order valence-electron chi connectivity index (χ2n) is 2.24. The van der Waals surface area contributed by atoms with Gasteiger partial charge in [0, 0.05) is 10.8 Å². The van der Waals surface area contributed by atoms with Gasteiger partial charge < -0.3 is 5.73 Å². The van der Waals surface area contributed by atoms with Crippen LogP contribution in [0.3, 0.4) is 0 Å². The van der Waals surface area contributed by atoms with Crippen LogP contribution < -0.4 is 5.73 Å². The van der Waals surface area contributed by atoms with Crippen LogP contribution in [0.4, 0.5) is 0 Å². The van der Waals surface area contributed by atoms with Crippen LogP contribution in [0.2, 0.25) is 0 Å². The van der Waals surface area contributed by atoms with E-state index in [1.165, 1.54) is 13.8 Å². The third-order valence-corrected chi connectivity index (χ3v) is 2.94. The Labute approximate surface area is 67.6 Å². The Kier molecular flexibility index (Phi) is 3.95. The highest BCUT2D eigenvalue weighted by molar-refractivity contribution is 7.87. The van der Waals surface area contributed by atoms with Crippen molar-refractivity contribution < 1.29 is 13.8 Å². The van der Waals surface area contributed by atoms with E-state index < -0.39 is 22.0 Å². The lowest BCUT2D eigenvalue weighted by Crippen LogP contribution is -2.28. The maximum atomic E-state index is 11.0. The van der Waals surface area contributed by atoms with Crippen LogP contribution in [0.1, 0.15) is 13.8 Å². The van der Waals surface area contributed by atoms with Crippen molar-refractivity contribution in [1.29, 1.82) is 0 Å². The summed E-state index contributed by atoms with van der Waals surface area (Å²) in [5.74, 6) is -1.07. The summed E-state index contributed by atoms with van der Waals surface area (Å²) in [6, 6.07) is 0. The number of hydrogen-bond acceptors (Lipinski definition) is 3. The lowest BCUT2D eigenvalue weighted by molar-refractivity contribution is -0.116. The molecule has 0 bridgehead atoms. The van der Waals surface area contributed by atoms with Crippen LogP contribution in [-0.4, -0.2) is 26.9 Å². The summed E-state index contributed by atoms with van der Waals surface area (Å²) < 4.78 is 11.0. The Bertz CT molecular complexity index is 202. The zero-order chi connectivity index (χ0) is 9.02. The molecule has 2 unspecified atom stereocenters. The summed E-state index contributed by atoms with van der Waals surface area (Å²) in [6.45, 7) is 2.85. The predicted molar refractivity (Wildman–Crippen MR) is 42.3 cm³/mol. The fourth-order valence-corrected chi connectivity index (χ4v) is 1.35. The molecule has 11 heavy (non-hydrogen) atoms. The maximum Gasteiger partial charge on any atom is 0.230 e. The molecule has 0 aliphatic heterocycles. The van der Waals surface area contributed by atoms with Gasteiger partial charge in [0.2, 0.25) is 5.91 Å². The largest absolute Gasteiger partial charge is 0.369 e. The Hall–Kier alpha value is -0.710. The molecule has 0 aliphatic rings. The van der Waals surface area contributed by atoms with E-state index in [1.54, 1.807) is 0 Å². The number of Topliss-reactive ketones (excluding diaryl/α,β-unsaturated/α-hetero) is 1. The molecule has 4 nitrogen and oxygen atoms in total. The average molecular weight is 177 g/mol. The van der Waals surface area contributed by atoms with Gasteiger partial charge in [-0.05, 0) is 13.8 Å². The number of hydrogen-bond donors (Lipinski definition) is 1. The number of nitrogens with two attached hydrogens (primary N) is 1. The Morgan fingerprint density at radius 2 is 2.00 bits per heavy atom. The van der Waals surface area contributed by atoms with Crippen LogP contribution in [0, 0.1) is 0 Å². The first-order chi connectivity index (χ1) is 4.95. The first kappa shape index (κ1) is 10.3. The standard InChI is InChI=1S/C6H11NO3S/c1-4(8)5(2)11(10)3-6(7)9/h5H,3H2,1-2H3,(H2,7,9). The molecule has 2 atom stereocenters. The van der Waals surface area contributed by atoms with Crippen LogP contribution in [0.25, 0.3) is 0 Å². The van der Waals surface area contributed by atoms with Crippen molar-refractivity contribution in [2.75, 3.05) is 5.75 Å². The Balaban J connectivity index is 4.04. The molecule has 64 valence electrons. The molecule has 0 aliphatic carbocycles. The monoisotopic (exact) mass is 177 g/mol. The highest BCUT2D eigenvalue weighted by Crippen LogP contribution is 1.96. The van der Waals surface area contributed by atoms with Crippen LogP contribution in [0.15, 0.2) is 0 Å². The molecule has 0 saturated carbocycles. The van der Waals surface area contributed by atoms with E-state index in [-0.39, 0.29) is 11.5 Å². The predicted octanol–water partition coefficient (Wildman–Crippen LogP) is -0.802. The van der Waals surface area contributed by atoms with E-state index in [1.807, 2.05) is 0 Å². The summed E-state index contributed by atoms with van der Waals surface area (Å²) in [5, 5.41) is -0.595. The zero-order valence-electron chi connectivity index (χ0n) is 6.49. The molecule has 0 aromatic rings. The Morgan fingerprint density at radius 1 is 1.55 bits per heavy atom. The second-order valence-corrected chi connectivity index (χ2v) is 4.00. The maximum absolute atomic E-state index is 11.0. The van der Waals surface area contributed by atoms with Crippen molar-refractivity contribution in [3.63, 3.8) is 0 Å². The molecule has 0 aromatic carbocycles. The van der Waals surface area contributed by atoms with Gasteiger partial charge in [-0.15, -0.1) is 0 Å². The van der Waals surface area contributed by atoms with Crippen molar-refractivity contribution in [1.82, 2.24) is 0 Å². The molecule has 0 fully saturated rings. The van der Waals surface area contributed by atoms with Crippen molar-refractivity contribution >= 4 is 22.5 Å². The molecule has 0 radical (unpaired) electrons. The topological polar surface area (TPSA) is 77.2 Å². The van der Waals surface area contributed by atoms with Gasteiger partial charge >= 0.3 is 0 Å². The van der Waals surface area contributed by atoms with Crippen molar-refractivity contribution in [2.45, 2.75) is 19.1 Å². The summed E-state index contributed by atoms with van der Waals surface area (Å²) in [5.41, 5.74) is 4.79. The number of carbonyl (C=O) groups excluding carboxylic acids is 2. The minimum Gasteiger partial charge on any atom is -0.369 e. The van der Waals surface area contributed by atoms with Gasteiger partial charge in [0.05, 0.1) is 5.25 Å². The number of ketones is 1. The van der Waals surface area contributed by atoms with E-state index in [0.29, 0.717) is 0 Å². The van der Waals surface area contributed by atoms with Crippen LogP contribution >= 0.6 is 0 Å². The molecule has 0 heterocycles. The molecule has 0 rings (SSSR count). The number of primary amides is 1. The Morgan fingerprint density at radius 3 is 2.27 bits per heavy atom. The molecule has 5 heteroatoms. The van der Waals surface area contributed by atoms with Crippen LogP contribution in [0.5, 0.6) is 0 Å². The van der Waals surface area contributed by atoms with Crippen molar-refractivity contribution in [3.05, 3.63) is 0 Å². The van der Waals surface area contributed by atoms with E-state index in [9.17, 15) is 13.8 Å². The SMILES string of the molecule is CC(=O)C(C)S(=O)CC(N)=O. The number of rotatable bonds is 4. The third-order valence-electron chi connectivity index (χ3n) is 1.25. The molecular formula is C6H11NO3S. The van der Waals surface area contributed by atoms with E-state index >= 15 is 0 Å². The lowest BCUT2D eigenvalue weighted by Gasteiger charge is -2.04. The van der Waals surface area contributed by atoms with Gasteiger partial charge in [0.1, 0.15) is 11.5 Å². The highest BCUT2D eigenvalue weighted by Gasteiger charge is 2.16. The van der Waals surface area contributed by atoms with Gasteiger partial charge in [-0.3, -0.25) is 13.8 Å². The van der Waals surface area contributed by atoms with Crippen LogP contribution in [-0.2, 0) is 20.4 Å². The quantitative estimate of drug-likeness (QED) is 0.610. The minimum atomic E-state index is -1.45. The van der Waals surface area contributed by atoms with Gasteiger partial charge in [-0.25, -0.2) is 0 Å². The van der Waals surface area contributed by atoms with Gasteiger partial charge in [-0.1, -0.05) is 0 Å². The lowest BCUT2D eigenvalue weighted by atomic mass is 10.3. The first-order valence-corrected chi connectivity index (χ1v) is 4.49. The molecule has 0 aromatic heterocycles. The first-order valence-electron chi connectivity index (χ1n) is 3.11. The highest BCUT2D eigenvalue weighted by atomic mass is 32.2. The fraction of sp³-hybridized carbons (Fsp3) is 0.667. The van der Waals surface area contributed by atoms with E-state index in [4.69, 9.17) is 5.73 Å². The molecule has 0 saturated heterocycles. The average Bonchev–Trinajstić information content (AvgIpc) is 1.84. The van der Waals surface area contributed by atoms with E-state index in [0.717, 1.165) is 0 Å². The molecule has 2 N–H and O–H groups in total. The zero-order valence-corrected chi connectivity index (χ0v) is 7.31. The molecular weight excluding hydrogens is 166 g/mol. The second kappa shape index (κ2) is 4.23. The van der Waals surface area contributed by atoms with Gasteiger partial charge in [-0.2, -0.15) is 0 Å². The fourth-order valence-electron chi connectivity index (χ4n) is 0.450. The third kappa shape index (κ3) is 3.87. The van der Waals surface area contributed by atoms with Gasteiger partial charge in [0.15, 0.2) is 0 Å². The van der Waals surface area contributed by atoms with E-state index in [2.05, 4.69) is 0 Å². The summed E-state index contributed by atoms with van der Waals surface area (Å²) >= 11 is 0. The number of amides is 1. The summed E-state index contributed by atoms with van der Waals surface area (Å²) in [7, 11) is -1.45. The van der Waals surface area contributed by atoms with Crippen molar-refractivity contribution in [3.8, 4) is 0 Å². The molecule has 1 amide bonds. The summed E-state index contributed by atoms with van der Waals surface area (Å²) in [6.07, 6.45) is 0. The smallest absolute Gasteiger partial charge is 0.230 e. The normalized spacial score (nSPS) is 15.5. The number of carbonyl (C=O) groups is 2. The minimum absolute atomic E-state index is 0.190. The molecule has 0 spiro atoms. The van der Waals surface area contributed by atoms with Gasteiger partial charge in [0.25, 0.3) is 0 Å². The summed E-state index contributed by atoms with van der Waals surface area (Å²) in [4.78, 5) is 20.9.